The van der Waals surface area contributed by atoms with E-state index >= 15 is 0 Å². The molecule has 13 heavy (non-hydrogen) atoms. The van der Waals surface area contributed by atoms with Crippen LogP contribution in [0.4, 0.5) is 0 Å². The van der Waals surface area contributed by atoms with Crippen LogP contribution in [0.3, 0.4) is 0 Å². The minimum absolute atomic E-state index is 0.572. The molecule has 0 aromatic carbocycles. The molecule has 1 rings (SSSR count). The highest BCUT2D eigenvalue weighted by atomic mass is 16.6. The average molecular weight is 184 g/mol. The highest BCUT2D eigenvalue weighted by Crippen LogP contribution is 2.00. The smallest absolute Gasteiger partial charge is 0.143 e. The highest BCUT2D eigenvalue weighted by Gasteiger charge is 2.04. The van der Waals surface area contributed by atoms with E-state index in [1.165, 1.54) is 0 Å². The molecule has 0 spiro atoms. The summed E-state index contributed by atoms with van der Waals surface area (Å²) < 4.78 is 1.89. The number of hydrogen-bond donors (Lipinski definition) is 1. The summed E-state index contributed by atoms with van der Waals surface area (Å²) in [5.41, 5.74) is 2.74. The summed E-state index contributed by atoms with van der Waals surface area (Å²) in [5, 5.41) is 4.12. The van der Waals surface area contributed by atoms with Gasteiger partial charge in [-0.1, -0.05) is 13.8 Å². The Morgan fingerprint density at radius 2 is 2.38 bits per heavy atom. The summed E-state index contributed by atoms with van der Waals surface area (Å²) in [6, 6.07) is 0. The second-order valence-corrected chi connectivity index (χ2v) is 3.28. The van der Waals surface area contributed by atoms with Crippen molar-refractivity contribution in [3.63, 3.8) is 0 Å². The van der Waals surface area contributed by atoms with E-state index in [1.54, 1.807) is 13.4 Å². The van der Waals surface area contributed by atoms with Crippen molar-refractivity contribution in [3.05, 3.63) is 12.2 Å². The SMILES string of the molecule is CONCc1ncnn1CC(C)C. The van der Waals surface area contributed by atoms with E-state index in [4.69, 9.17) is 4.84 Å². The van der Waals surface area contributed by atoms with Crippen LogP contribution in [-0.4, -0.2) is 21.9 Å². The van der Waals surface area contributed by atoms with Gasteiger partial charge in [0.15, 0.2) is 0 Å². The van der Waals surface area contributed by atoms with E-state index in [-0.39, 0.29) is 0 Å². The van der Waals surface area contributed by atoms with Gasteiger partial charge >= 0.3 is 0 Å². The Kier molecular flexibility index (Phi) is 3.85. The Balaban J connectivity index is 2.55. The molecule has 0 aliphatic carbocycles. The van der Waals surface area contributed by atoms with Gasteiger partial charge in [-0.2, -0.15) is 10.6 Å². The van der Waals surface area contributed by atoms with Crippen LogP contribution in [0.1, 0.15) is 19.7 Å². The van der Waals surface area contributed by atoms with Crippen LogP contribution < -0.4 is 5.48 Å². The van der Waals surface area contributed by atoms with E-state index in [2.05, 4.69) is 29.4 Å². The van der Waals surface area contributed by atoms with Gasteiger partial charge < -0.3 is 4.84 Å². The molecule has 1 heterocycles. The summed E-state index contributed by atoms with van der Waals surface area (Å²) in [5.74, 6) is 1.47. The molecule has 0 fully saturated rings. The van der Waals surface area contributed by atoms with Gasteiger partial charge in [-0.3, -0.25) is 0 Å². The Morgan fingerprint density at radius 1 is 1.62 bits per heavy atom. The lowest BCUT2D eigenvalue weighted by Crippen LogP contribution is -2.17. The maximum atomic E-state index is 4.74. The number of nitrogens with one attached hydrogen (secondary N) is 1. The van der Waals surface area contributed by atoms with Gasteiger partial charge in [-0.05, 0) is 5.92 Å². The number of rotatable bonds is 5. The largest absolute Gasteiger partial charge is 0.305 e. The van der Waals surface area contributed by atoms with Crippen LogP contribution in [-0.2, 0) is 17.9 Å². The van der Waals surface area contributed by atoms with Crippen LogP contribution in [0.25, 0.3) is 0 Å². The third-order valence-corrected chi connectivity index (χ3v) is 1.61. The predicted octanol–water partition coefficient (Wildman–Crippen LogP) is 0.585. The molecule has 0 aliphatic rings. The number of nitrogens with zero attached hydrogens (tertiary/aromatic N) is 3. The lowest BCUT2D eigenvalue weighted by Gasteiger charge is -2.08. The van der Waals surface area contributed by atoms with E-state index in [0.717, 1.165) is 12.4 Å². The summed E-state index contributed by atoms with van der Waals surface area (Å²) in [4.78, 5) is 8.86. The Bertz CT molecular complexity index is 246. The molecule has 0 saturated carbocycles. The molecule has 74 valence electrons. The molecule has 0 amide bonds. The third-order valence-electron chi connectivity index (χ3n) is 1.61. The molecule has 0 radical (unpaired) electrons. The molecule has 0 aliphatic heterocycles. The molecule has 0 saturated heterocycles. The van der Waals surface area contributed by atoms with Crippen molar-refractivity contribution < 1.29 is 4.84 Å². The zero-order valence-electron chi connectivity index (χ0n) is 8.32. The van der Waals surface area contributed by atoms with E-state index < -0.39 is 0 Å². The molecule has 5 heteroatoms. The monoisotopic (exact) mass is 184 g/mol. The Morgan fingerprint density at radius 3 is 3.00 bits per heavy atom. The van der Waals surface area contributed by atoms with Gasteiger partial charge in [0.2, 0.25) is 0 Å². The molecule has 5 nitrogen and oxygen atoms in total. The fourth-order valence-electron chi connectivity index (χ4n) is 1.06. The Labute approximate surface area is 78.1 Å². The van der Waals surface area contributed by atoms with Crippen molar-refractivity contribution in [2.45, 2.75) is 26.9 Å². The number of aromatic nitrogens is 3. The summed E-state index contributed by atoms with van der Waals surface area (Å²) >= 11 is 0. The lowest BCUT2D eigenvalue weighted by atomic mass is 10.2. The first-order chi connectivity index (χ1) is 6.24. The molecule has 0 atom stereocenters. The Hall–Kier alpha value is -0.940. The standard InChI is InChI=1S/C8H16N4O/c1-7(2)5-12-8(4-11-13-3)9-6-10-12/h6-7,11H,4-5H2,1-3H3. The fourth-order valence-corrected chi connectivity index (χ4v) is 1.06. The number of hydroxylamine groups is 1. The van der Waals surface area contributed by atoms with Crippen molar-refractivity contribution in [1.82, 2.24) is 20.2 Å². The zero-order valence-corrected chi connectivity index (χ0v) is 8.32. The van der Waals surface area contributed by atoms with Crippen molar-refractivity contribution in [3.8, 4) is 0 Å². The van der Waals surface area contributed by atoms with Gasteiger partial charge in [-0.15, -0.1) is 0 Å². The van der Waals surface area contributed by atoms with E-state index in [0.29, 0.717) is 12.5 Å². The molecule has 0 bridgehead atoms. The first-order valence-corrected chi connectivity index (χ1v) is 4.36. The highest BCUT2D eigenvalue weighted by molar-refractivity contribution is 4.82. The van der Waals surface area contributed by atoms with Crippen LogP contribution in [0.15, 0.2) is 6.33 Å². The predicted molar refractivity (Wildman–Crippen MR) is 48.7 cm³/mol. The van der Waals surface area contributed by atoms with Gasteiger partial charge in [0.1, 0.15) is 12.2 Å². The molecule has 1 aromatic rings. The number of hydrogen-bond acceptors (Lipinski definition) is 4. The maximum Gasteiger partial charge on any atom is 0.143 e. The summed E-state index contributed by atoms with van der Waals surface area (Å²) in [6.07, 6.45) is 1.56. The van der Waals surface area contributed by atoms with E-state index in [1.807, 2.05) is 4.68 Å². The van der Waals surface area contributed by atoms with Crippen molar-refractivity contribution in [2.75, 3.05) is 7.11 Å². The fraction of sp³-hybridized carbons (Fsp3) is 0.750. The van der Waals surface area contributed by atoms with Crippen molar-refractivity contribution in [1.29, 1.82) is 0 Å². The minimum Gasteiger partial charge on any atom is -0.305 e. The van der Waals surface area contributed by atoms with Gasteiger partial charge in [0.25, 0.3) is 0 Å². The second kappa shape index (κ2) is 4.94. The van der Waals surface area contributed by atoms with Crippen LogP contribution >= 0.6 is 0 Å². The van der Waals surface area contributed by atoms with Crippen molar-refractivity contribution in [2.24, 2.45) is 5.92 Å². The topological polar surface area (TPSA) is 52.0 Å². The average Bonchev–Trinajstić information content (AvgIpc) is 2.48. The van der Waals surface area contributed by atoms with Crippen LogP contribution in [0.5, 0.6) is 0 Å². The molecular formula is C8H16N4O. The normalized spacial score (nSPS) is 11.1. The van der Waals surface area contributed by atoms with Gasteiger partial charge in [0.05, 0.1) is 13.7 Å². The maximum absolute atomic E-state index is 4.74. The quantitative estimate of drug-likeness (QED) is 0.680. The molecule has 0 unspecified atom stereocenters. The van der Waals surface area contributed by atoms with Crippen LogP contribution in [0, 0.1) is 5.92 Å². The third kappa shape index (κ3) is 3.12. The molecule has 1 N–H and O–H groups in total. The van der Waals surface area contributed by atoms with Gasteiger partial charge in [0, 0.05) is 6.54 Å². The van der Waals surface area contributed by atoms with Gasteiger partial charge in [-0.25, -0.2) is 9.67 Å². The second-order valence-electron chi connectivity index (χ2n) is 3.28. The molecular weight excluding hydrogens is 168 g/mol. The summed E-state index contributed by atoms with van der Waals surface area (Å²) in [7, 11) is 1.59. The first-order valence-electron chi connectivity index (χ1n) is 4.36. The minimum atomic E-state index is 0.572. The molecule has 1 aromatic heterocycles. The summed E-state index contributed by atoms with van der Waals surface area (Å²) in [6.45, 7) is 5.77. The van der Waals surface area contributed by atoms with Crippen LogP contribution in [0.2, 0.25) is 0 Å². The zero-order chi connectivity index (χ0) is 9.68. The lowest BCUT2D eigenvalue weighted by molar-refractivity contribution is 0.0836. The van der Waals surface area contributed by atoms with Crippen molar-refractivity contribution >= 4 is 0 Å². The first kappa shape index (κ1) is 10.1. The van der Waals surface area contributed by atoms with E-state index in [9.17, 15) is 0 Å².